The van der Waals surface area contributed by atoms with Crippen molar-refractivity contribution in [3.8, 4) is 0 Å². The first kappa shape index (κ1) is 17.1. The predicted octanol–water partition coefficient (Wildman–Crippen LogP) is 3.34. The number of rotatable bonds is 4. The Morgan fingerprint density at radius 1 is 1.32 bits per heavy atom. The molecule has 0 spiro atoms. The van der Waals surface area contributed by atoms with Crippen molar-refractivity contribution in [3.63, 3.8) is 0 Å². The monoisotopic (exact) mass is 343 g/mol. The van der Waals surface area contributed by atoms with Crippen LogP contribution in [-0.4, -0.2) is 36.5 Å². The van der Waals surface area contributed by atoms with Crippen LogP contribution in [0.5, 0.6) is 0 Å². The minimum absolute atomic E-state index is 0.00705. The molecular formula is C16H19Cl2NO3. The average molecular weight is 344 g/mol. The summed E-state index contributed by atoms with van der Waals surface area (Å²) in [5.41, 5.74) is 0.817. The van der Waals surface area contributed by atoms with Crippen LogP contribution in [0.2, 0.25) is 10.0 Å². The number of nitrogens with zero attached hydrogens (tertiary/aromatic N) is 1. The van der Waals surface area contributed by atoms with Crippen LogP contribution in [0.1, 0.15) is 25.3 Å². The van der Waals surface area contributed by atoms with E-state index in [9.17, 15) is 9.59 Å². The quantitative estimate of drug-likeness (QED) is 0.787. The van der Waals surface area contributed by atoms with Crippen LogP contribution in [-0.2, 0) is 20.7 Å². The summed E-state index contributed by atoms with van der Waals surface area (Å²) >= 11 is 11.8. The molecule has 0 aromatic heterocycles. The lowest BCUT2D eigenvalue weighted by atomic mass is 9.97. The molecule has 0 unspecified atom stereocenters. The molecule has 22 heavy (non-hydrogen) atoms. The summed E-state index contributed by atoms with van der Waals surface area (Å²) in [6, 6.07) is 5.18. The van der Waals surface area contributed by atoms with E-state index in [-0.39, 0.29) is 24.2 Å². The molecule has 1 saturated heterocycles. The maximum absolute atomic E-state index is 12.4. The van der Waals surface area contributed by atoms with Crippen molar-refractivity contribution in [2.45, 2.75) is 26.2 Å². The van der Waals surface area contributed by atoms with E-state index in [1.54, 1.807) is 30.0 Å². The zero-order valence-corrected chi connectivity index (χ0v) is 14.0. The Kier molecular flexibility index (Phi) is 6.09. The number of hydrogen-bond acceptors (Lipinski definition) is 3. The molecule has 1 aromatic rings. The number of ether oxygens (including phenoxy) is 1. The lowest BCUT2D eigenvalue weighted by Gasteiger charge is -2.31. The number of carbonyl (C=O) groups is 2. The molecule has 1 heterocycles. The second-order valence-electron chi connectivity index (χ2n) is 5.36. The Hall–Kier alpha value is -1.26. The van der Waals surface area contributed by atoms with Gasteiger partial charge in [0.2, 0.25) is 5.91 Å². The molecule has 0 saturated carbocycles. The van der Waals surface area contributed by atoms with Crippen molar-refractivity contribution in [1.82, 2.24) is 4.90 Å². The Labute approximate surface area is 140 Å². The highest BCUT2D eigenvalue weighted by atomic mass is 35.5. The van der Waals surface area contributed by atoms with Gasteiger partial charge in [-0.3, -0.25) is 9.59 Å². The van der Waals surface area contributed by atoms with Crippen molar-refractivity contribution >= 4 is 35.1 Å². The standard InChI is InChI=1S/C16H19Cl2NO3/c1-2-22-16(21)12-4-3-7-19(10-12)15(20)9-11-5-6-13(17)14(18)8-11/h5-6,8,12H,2-4,7,9-10H2,1H3/t12-/m0/s1. The second-order valence-corrected chi connectivity index (χ2v) is 6.17. The van der Waals surface area contributed by atoms with Gasteiger partial charge in [0, 0.05) is 13.1 Å². The summed E-state index contributed by atoms with van der Waals surface area (Å²) in [4.78, 5) is 25.9. The average Bonchev–Trinajstić information content (AvgIpc) is 2.51. The largest absolute Gasteiger partial charge is 0.466 e. The molecule has 1 atom stereocenters. The molecule has 1 aliphatic rings. The van der Waals surface area contributed by atoms with Gasteiger partial charge < -0.3 is 9.64 Å². The van der Waals surface area contributed by atoms with Gasteiger partial charge in [-0.2, -0.15) is 0 Å². The highest BCUT2D eigenvalue weighted by Crippen LogP contribution is 2.24. The fourth-order valence-electron chi connectivity index (χ4n) is 2.59. The van der Waals surface area contributed by atoms with E-state index in [2.05, 4.69) is 0 Å². The Bertz CT molecular complexity index is 562. The van der Waals surface area contributed by atoms with Crippen molar-refractivity contribution in [1.29, 1.82) is 0 Å². The van der Waals surface area contributed by atoms with Crippen molar-refractivity contribution in [2.75, 3.05) is 19.7 Å². The molecule has 0 N–H and O–H groups in total. The maximum Gasteiger partial charge on any atom is 0.310 e. The Morgan fingerprint density at radius 3 is 2.77 bits per heavy atom. The first-order valence-corrected chi connectivity index (χ1v) is 8.15. The third kappa shape index (κ3) is 4.37. The summed E-state index contributed by atoms with van der Waals surface area (Å²) in [6.07, 6.45) is 1.85. The van der Waals surface area contributed by atoms with Gasteiger partial charge in [0.05, 0.1) is 29.0 Å². The Morgan fingerprint density at radius 2 is 2.09 bits per heavy atom. The highest BCUT2D eigenvalue weighted by molar-refractivity contribution is 6.42. The number of piperidine rings is 1. The number of hydrogen-bond donors (Lipinski definition) is 0. The summed E-state index contributed by atoms with van der Waals surface area (Å²) in [5.74, 6) is -0.437. The van der Waals surface area contributed by atoms with Gasteiger partial charge in [-0.1, -0.05) is 29.3 Å². The first-order valence-electron chi connectivity index (χ1n) is 7.39. The van der Waals surface area contributed by atoms with Crippen LogP contribution < -0.4 is 0 Å². The molecule has 0 bridgehead atoms. The Balaban J connectivity index is 1.96. The highest BCUT2D eigenvalue weighted by Gasteiger charge is 2.29. The number of carbonyl (C=O) groups excluding carboxylic acids is 2. The molecule has 120 valence electrons. The topological polar surface area (TPSA) is 46.6 Å². The van der Waals surface area contributed by atoms with E-state index in [1.165, 1.54) is 0 Å². The van der Waals surface area contributed by atoms with Crippen molar-refractivity contribution < 1.29 is 14.3 Å². The van der Waals surface area contributed by atoms with Gasteiger partial charge in [-0.25, -0.2) is 0 Å². The van der Waals surface area contributed by atoms with Gasteiger partial charge in [0.15, 0.2) is 0 Å². The fourth-order valence-corrected chi connectivity index (χ4v) is 2.91. The third-order valence-corrected chi connectivity index (χ3v) is 4.47. The van der Waals surface area contributed by atoms with Crippen LogP contribution in [0, 0.1) is 5.92 Å². The fraction of sp³-hybridized carbons (Fsp3) is 0.500. The second kappa shape index (κ2) is 7.84. The normalized spacial score (nSPS) is 18.1. The van der Waals surface area contributed by atoms with Gasteiger partial charge in [0.25, 0.3) is 0 Å². The summed E-state index contributed by atoms with van der Waals surface area (Å²) < 4.78 is 5.05. The molecule has 1 amide bonds. The van der Waals surface area contributed by atoms with Crippen LogP contribution in [0.25, 0.3) is 0 Å². The molecular weight excluding hydrogens is 325 g/mol. The van der Waals surface area contributed by atoms with Crippen molar-refractivity contribution in [2.24, 2.45) is 5.92 Å². The first-order chi connectivity index (χ1) is 10.5. The van der Waals surface area contributed by atoms with Crippen molar-refractivity contribution in [3.05, 3.63) is 33.8 Å². The van der Waals surface area contributed by atoms with E-state index in [1.807, 2.05) is 0 Å². The number of esters is 1. The minimum atomic E-state index is -0.216. The zero-order chi connectivity index (χ0) is 16.1. The van der Waals surface area contributed by atoms with Crippen LogP contribution in [0.3, 0.4) is 0 Å². The molecule has 1 fully saturated rings. The van der Waals surface area contributed by atoms with Gasteiger partial charge >= 0.3 is 5.97 Å². The number of likely N-dealkylation sites (tertiary alicyclic amines) is 1. The lowest BCUT2D eigenvalue weighted by molar-refractivity contribution is -0.151. The number of amides is 1. The minimum Gasteiger partial charge on any atom is -0.466 e. The lowest BCUT2D eigenvalue weighted by Crippen LogP contribution is -2.43. The van der Waals surface area contributed by atoms with E-state index in [4.69, 9.17) is 27.9 Å². The molecule has 4 nitrogen and oxygen atoms in total. The zero-order valence-electron chi connectivity index (χ0n) is 12.5. The van der Waals surface area contributed by atoms with E-state index in [0.717, 1.165) is 18.4 Å². The smallest absolute Gasteiger partial charge is 0.310 e. The van der Waals surface area contributed by atoms with Gasteiger partial charge in [-0.05, 0) is 37.5 Å². The van der Waals surface area contributed by atoms with Gasteiger partial charge in [0.1, 0.15) is 0 Å². The third-order valence-electron chi connectivity index (χ3n) is 3.73. The molecule has 2 rings (SSSR count). The molecule has 0 radical (unpaired) electrons. The van der Waals surface area contributed by atoms with E-state index < -0.39 is 0 Å². The molecule has 6 heteroatoms. The number of benzene rings is 1. The summed E-state index contributed by atoms with van der Waals surface area (Å²) in [5, 5.41) is 0.910. The predicted molar refractivity (Wildman–Crippen MR) is 86.1 cm³/mol. The van der Waals surface area contributed by atoms with Crippen LogP contribution in [0.4, 0.5) is 0 Å². The van der Waals surface area contributed by atoms with Crippen LogP contribution >= 0.6 is 23.2 Å². The van der Waals surface area contributed by atoms with Crippen LogP contribution in [0.15, 0.2) is 18.2 Å². The maximum atomic E-state index is 12.4. The summed E-state index contributed by atoms with van der Waals surface area (Å²) in [7, 11) is 0. The van der Waals surface area contributed by atoms with E-state index in [0.29, 0.717) is 29.7 Å². The summed E-state index contributed by atoms with van der Waals surface area (Å²) in [6.45, 7) is 3.26. The number of halogens is 2. The molecule has 1 aromatic carbocycles. The van der Waals surface area contributed by atoms with E-state index >= 15 is 0 Å². The molecule has 1 aliphatic heterocycles. The SMILES string of the molecule is CCOC(=O)[C@H]1CCCN(C(=O)Cc2ccc(Cl)c(Cl)c2)C1. The van der Waals surface area contributed by atoms with Gasteiger partial charge in [-0.15, -0.1) is 0 Å². The molecule has 0 aliphatic carbocycles.